The molecule has 0 aromatic carbocycles. The molecule has 92 valence electrons. The topological polar surface area (TPSA) is 42.2 Å². The molecule has 0 amide bonds. The Hall–Kier alpha value is -1.72. The van der Waals surface area contributed by atoms with E-state index in [0.29, 0.717) is 0 Å². The lowest BCUT2D eigenvalue weighted by atomic mass is 10.3. The van der Waals surface area contributed by atoms with Gasteiger partial charge in [0.05, 0.1) is 16.8 Å². The summed E-state index contributed by atoms with van der Waals surface area (Å²) in [6.45, 7) is 0.932. The van der Waals surface area contributed by atoms with E-state index in [1.165, 1.54) is 4.88 Å². The van der Waals surface area contributed by atoms with Crippen LogP contribution in [0.1, 0.15) is 5.69 Å². The summed E-state index contributed by atoms with van der Waals surface area (Å²) >= 11 is 1.70. The van der Waals surface area contributed by atoms with Gasteiger partial charge in [-0.25, -0.2) is 9.50 Å². The van der Waals surface area contributed by atoms with Crippen molar-refractivity contribution in [1.29, 1.82) is 0 Å². The average Bonchev–Trinajstić information content (AvgIpc) is 3.03. The fourth-order valence-corrected chi connectivity index (χ4v) is 2.55. The first-order valence-electron chi connectivity index (χ1n) is 5.90. The van der Waals surface area contributed by atoms with Crippen LogP contribution in [0.5, 0.6) is 0 Å². The Morgan fingerprint density at radius 2 is 2.28 bits per heavy atom. The van der Waals surface area contributed by atoms with Crippen LogP contribution in [-0.2, 0) is 6.42 Å². The number of hydrogen-bond acceptors (Lipinski definition) is 4. The van der Waals surface area contributed by atoms with E-state index in [4.69, 9.17) is 0 Å². The number of fused-ring (bicyclic) bond motifs is 1. The first-order chi connectivity index (χ1) is 8.86. The van der Waals surface area contributed by atoms with E-state index in [0.717, 1.165) is 30.0 Å². The van der Waals surface area contributed by atoms with Crippen molar-refractivity contribution in [3.63, 3.8) is 0 Å². The maximum absolute atomic E-state index is 4.59. The number of aromatic nitrogens is 3. The van der Waals surface area contributed by atoms with E-state index in [-0.39, 0.29) is 0 Å². The predicted molar refractivity (Wildman–Crippen MR) is 73.9 cm³/mol. The number of nitrogens with zero attached hydrogens (tertiary/aromatic N) is 3. The lowest BCUT2D eigenvalue weighted by molar-refractivity contribution is 0.779. The van der Waals surface area contributed by atoms with Crippen LogP contribution in [-0.4, -0.2) is 28.2 Å². The number of imidazole rings is 1. The van der Waals surface area contributed by atoms with Gasteiger partial charge in [-0.1, -0.05) is 6.07 Å². The van der Waals surface area contributed by atoms with Gasteiger partial charge in [0.15, 0.2) is 5.65 Å². The molecular weight excluding hydrogens is 244 g/mol. The summed E-state index contributed by atoms with van der Waals surface area (Å²) in [5.74, 6) is 0. The predicted octanol–water partition coefficient (Wildman–Crippen LogP) is 2.22. The molecule has 0 bridgehead atoms. The highest BCUT2D eigenvalue weighted by atomic mass is 32.1. The molecule has 3 rings (SSSR count). The fourth-order valence-electron chi connectivity index (χ4n) is 1.86. The van der Waals surface area contributed by atoms with E-state index in [1.807, 2.05) is 36.0 Å². The molecule has 0 aliphatic rings. The van der Waals surface area contributed by atoms with Crippen LogP contribution in [0.25, 0.3) is 16.2 Å². The van der Waals surface area contributed by atoms with Gasteiger partial charge in [-0.3, -0.25) is 0 Å². The van der Waals surface area contributed by atoms with E-state index < -0.39 is 0 Å². The monoisotopic (exact) mass is 258 g/mol. The Morgan fingerprint density at radius 3 is 3.06 bits per heavy atom. The average molecular weight is 258 g/mol. The van der Waals surface area contributed by atoms with Crippen LogP contribution in [0, 0.1) is 0 Å². The van der Waals surface area contributed by atoms with Crippen molar-refractivity contribution in [3.05, 3.63) is 41.5 Å². The highest BCUT2D eigenvalue weighted by Crippen LogP contribution is 2.22. The van der Waals surface area contributed by atoms with Crippen LogP contribution in [0.2, 0.25) is 0 Å². The minimum Gasteiger partial charge on any atom is -0.319 e. The van der Waals surface area contributed by atoms with Gasteiger partial charge in [0, 0.05) is 13.0 Å². The number of thiophene rings is 1. The Bertz CT molecular complexity index is 642. The minimum atomic E-state index is 0.904. The van der Waals surface area contributed by atoms with Crippen LogP contribution in [0.4, 0.5) is 0 Å². The molecule has 4 nitrogen and oxygen atoms in total. The molecule has 5 heteroatoms. The lowest BCUT2D eigenvalue weighted by Crippen LogP contribution is -2.10. The van der Waals surface area contributed by atoms with Crippen molar-refractivity contribution in [3.8, 4) is 10.6 Å². The summed E-state index contributed by atoms with van der Waals surface area (Å²) in [4.78, 5) is 5.72. The molecule has 0 aliphatic heterocycles. The third kappa shape index (κ3) is 2.14. The van der Waals surface area contributed by atoms with Gasteiger partial charge in [-0.15, -0.1) is 11.3 Å². The molecule has 0 saturated carbocycles. The van der Waals surface area contributed by atoms with Crippen LogP contribution < -0.4 is 5.32 Å². The summed E-state index contributed by atoms with van der Waals surface area (Å²) in [6, 6.07) is 8.16. The van der Waals surface area contributed by atoms with Gasteiger partial charge in [0.25, 0.3) is 0 Å². The van der Waals surface area contributed by atoms with Gasteiger partial charge in [-0.2, -0.15) is 5.10 Å². The van der Waals surface area contributed by atoms with E-state index in [1.54, 1.807) is 11.3 Å². The lowest BCUT2D eigenvalue weighted by Gasteiger charge is -1.97. The van der Waals surface area contributed by atoms with Crippen molar-refractivity contribution in [1.82, 2.24) is 19.9 Å². The van der Waals surface area contributed by atoms with Crippen molar-refractivity contribution >= 4 is 17.0 Å². The molecule has 0 radical (unpaired) electrons. The number of hydrogen-bond donors (Lipinski definition) is 1. The molecule has 3 aromatic rings. The molecule has 0 spiro atoms. The zero-order chi connectivity index (χ0) is 12.4. The standard InChI is InChI=1S/C13H14N4S/c1-14-7-6-10-9-17-13(15-10)5-4-11(16-17)12-3-2-8-18-12/h2-5,8-9,14H,6-7H2,1H3. The number of nitrogens with one attached hydrogen (secondary N) is 1. The van der Waals surface area contributed by atoms with Crippen LogP contribution in [0.15, 0.2) is 35.8 Å². The first kappa shape index (κ1) is 11.4. The molecule has 1 N–H and O–H groups in total. The minimum absolute atomic E-state index is 0.904. The fraction of sp³-hybridized carbons (Fsp3) is 0.231. The molecule has 3 aromatic heterocycles. The van der Waals surface area contributed by atoms with Gasteiger partial charge in [-0.05, 0) is 30.6 Å². The third-order valence-corrected chi connectivity index (χ3v) is 3.67. The zero-order valence-corrected chi connectivity index (χ0v) is 10.9. The van der Waals surface area contributed by atoms with E-state index in [9.17, 15) is 0 Å². The van der Waals surface area contributed by atoms with Crippen molar-refractivity contribution in [2.75, 3.05) is 13.6 Å². The maximum Gasteiger partial charge on any atom is 0.153 e. The molecule has 18 heavy (non-hydrogen) atoms. The van der Waals surface area contributed by atoms with E-state index in [2.05, 4.69) is 26.8 Å². The molecular formula is C13H14N4S. The van der Waals surface area contributed by atoms with E-state index >= 15 is 0 Å². The van der Waals surface area contributed by atoms with Crippen molar-refractivity contribution in [2.45, 2.75) is 6.42 Å². The zero-order valence-electron chi connectivity index (χ0n) is 10.1. The smallest absolute Gasteiger partial charge is 0.153 e. The summed E-state index contributed by atoms with van der Waals surface area (Å²) in [5, 5.41) is 9.78. The second-order valence-corrected chi connectivity index (χ2v) is 5.03. The highest BCUT2D eigenvalue weighted by Gasteiger charge is 2.05. The van der Waals surface area contributed by atoms with Gasteiger partial charge in [0.1, 0.15) is 5.69 Å². The SMILES string of the molecule is CNCCc1cn2nc(-c3cccs3)ccc2n1. The summed E-state index contributed by atoms with van der Waals surface area (Å²) in [5.41, 5.74) is 2.97. The molecule has 0 unspecified atom stereocenters. The highest BCUT2D eigenvalue weighted by molar-refractivity contribution is 7.13. The largest absolute Gasteiger partial charge is 0.319 e. The molecule has 3 heterocycles. The molecule has 0 fully saturated rings. The van der Waals surface area contributed by atoms with Gasteiger partial charge < -0.3 is 5.32 Å². The van der Waals surface area contributed by atoms with Crippen LogP contribution in [0.3, 0.4) is 0 Å². The number of likely N-dealkylation sites (N-methyl/N-ethyl adjacent to an activating group) is 1. The summed E-state index contributed by atoms with van der Waals surface area (Å²) in [6.07, 6.45) is 2.93. The second kappa shape index (κ2) is 4.88. The normalized spacial score (nSPS) is 11.2. The molecule has 0 saturated heterocycles. The summed E-state index contributed by atoms with van der Waals surface area (Å²) < 4.78 is 1.86. The molecule has 0 aliphatic carbocycles. The Labute approximate surface area is 109 Å². The van der Waals surface area contributed by atoms with Crippen LogP contribution >= 0.6 is 11.3 Å². The van der Waals surface area contributed by atoms with Gasteiger partial charge in [0.2, 0.25) is 0 Å². The Kier molecular flexibility index (Phi) is 3.08. The van der Waals surface area contributed by atoms with Crippen molar-refractivity contribution < 1.29 is 0 Å². The first-order valence-corrected chi connectivity index (χ1v) is 6.78. The number of rotatable bonds is 4. The molecule has 0 atom stereocenters. The quantitative estimate of drug-likeness (QED) is 0.780. The van der Waals surface area contributed by atoms with Crippen molar-refractivity contribution in [2.24, 2.45) is 0 Å². The van der Waals surface area contributed by atoms with Gasteiger partial charge >= 0.3 is 0 Å². The summed E-state index contributed by atoms with van der Waals surface area (Å²) in [7, 11) is 1.95. The third-order valence-electron chi connectivity index (χ3n) is 2.77. The Morgan fingerprint density at radius 1 is 1.33 bits per heavy atom. The maximum atomic E-state index is 4.59. The Balaban J connectivity index is 1.96. The second-order valence-electron chi connectivity index (χ2n) is 4.08.